The molecule has 0 aliphatic heterocycles. The highest BCUT2D eigenvalue weighted by Crippen LogP contribution is 2.33. The number of aryl methyl sites for hydroxylation is 1. The lowest BCUT2D eigenvalue weighted by molar-refractivity contribution is -0.112. The SMILES string of the molecule is COc1cc(/C=C(\C#N)C(=O)Nc2c(Br)cc(C)cc2Br)ccc1OC(=O)c1ccccc1. The van der Waals surface area contributed by atoms with Crippen molar-refractivity contribution in [2.75, 3.05) is 12.4 Å². The average Bonchev–Trinajstić information content (AvgIpc) is 2.80. The first-order chi connectivity index (χ1) is 15.8. The molecule has 0 unspecified atom stereocenters. The lowest BCUT2D eigenvalue weighted by Gasteiger charge is -2.11. The number of benzene rings is 3. The van der Waals surface area contributed by atoms with Gasteiger partial charge in [-0.1, -0.05) is 24.3 Å². The van der Waals surface area contributed by atoms with Gasteiger partial charge in [-0.05, 0) is 92.4 Å². The predicted molar refractivity (Wildman–Crippen MR) is 133 cm³/mol. The van der Waals surface area contributed by atoms with Gasteiger partial charge in [0.05, 0.1) is 18.4 Å². The van der Waals surface area contributed by atoms with Gasteiger partial charge in [0.2, 0.25) is 0 Å². The molecular weight excluding hydrogens is 552 g/mol. The highest BCUT2D eigenvalue weighted by atomic mass is 79.9. The second kappa shape index (κ2) is 10.9. The smallest absolute Gasteiger partial charge is 0.343 e. The van der Waals surface area contributed by atoms with Gasteiger partial charge in [0.25, 0.3) is 5.91 Å². The summed E-state index contributed by atoms with van der Waals surface area (Å²) in [6.07, 6.45) is 1.43. The van der Waals surface area contributed by atoms with Crippen molar-refractivity contribution in [3.05, 3.63) is 91.9 Å². The molecule has 0 aromatic heterocycles. The second-order valence-corrected chi connectivity index (χ2v) is 8.60. The molecule has 3 rings (SSSR count). The second-order valence-electron chi connectivity index (χ2n) is 6.89. The molecule has 0 saturated heterocycles. The van der Waals surface area contributed by atoms with Gasteiger partial charge in [0, 0.05) is 8.95 Å². The zero-order valence-electron chi connectivity index (χ0n) is 17.7. The first-order valence-electron chi connectivity index (χ1n) is 9.66. The summed E-state index contributed by atoms with van der Waals surface area (Å²) >= 11 is 6.84. The van der Waals surface area contributed by atoms with E-state index in [2.05, 4.69) is 37.2 Å². The summed E-state index contributed by atoms with van der Waals surface area (Å²) in [7, 11) is 1.44. The zero-order chi connectivity index (χ0) is 24.0. The number of nitriles is 1. The number of rotatable bonds is 6. The van der Waals surface area contributed by atoms with Crippen molar-refractivity contribution in [3.8, 4) is 17.6 Å². The van der Waals surface area contributed by atoms with Crippen molar-refractivity contribution >= 4 is 55.5 Å². The van der Waals surface area contributed by atoms with Crippen LogP contribution >= 0.6 is 31.9 Å². The number of methoxy groups -OCH3 is 1. The number of anilines is 1. The maximum Gasteiger partial charge on any atom is 0.343 e. The zero-order valence-corrected chi connectivity index (χ0v) is 20.9. The van der Waals surface area contributed by atoms with Gasteiger partial charge in [-0.25, -0.2) is 4.79 Å². The molecule has 166 valence electrons. The van der Waals surface area contributed by atoms with E-state index in [1.165, 1.54) is 13.2 Å². The van der Waals surface area contributed by atoms with Gasteiger partial charge in [-0.3, -0.25) is 4.79 Å². The topological polar surface area (TPSA) is 88.4 Å². The Bertz CT molecular complexity index is 1260. The largest absolute Gasteiger partial charge is 0.493 e. The maximum atomic E-state index is 12.7. The molecule has 0 heterocycles. The Morgan fingerprint density at radius 3 is 2.27 bits per heavy atom. The standard InChI is InChI=1S/C25H18Br2N2O4/c1-15-10-19(26)23(20(27)11-15)29-24(30)18(14-28)12-16-8-9-21(22(13-16)32-2)33-25(31)17-6-4-3-5-7-17/h3-13H,1-2H3,(H,29,30)/b18-12+. The highest BCUT2D eigenvalue weighted by molar-refractivity contribution is 9.11. The van der Waals surface area contributed by atoms with E-state index < -0.39 is 11.9 Å². The van der Waals surface area contributed by atoms with Crippen LogP contribution in [0.1, 0.15) is 21.5 Å². The van der Waals surface area contributed by atoms with Crippen LogP contribution < -0.4 is 14.8 Å². The van der Waals surface area contributed by atoms with Crippen LogP contribution in [0.2, 0.25) is 0 Å². The average molecular weight is 570 g/mol. The van der Waals surface area contributed by atoms with Gasteiger partial charge < -0.3 is 14.8 Å². The summed E-state index contributed by atoms with van der Waals surface area (Å²) < 4.78 is 12.1. The number of nitrogens with zero attached hydrogens (tertiary/aromatic N) is 1. The molecule has 1 amide bonds. The Hall–Kier alpha value is -3.41. The lowest BCUT2D eigenvalue weighted by atomic mass is 10.1. The third-order valence-electron chi connectivity index (χ3n) is 4.50. The van der Waals surface area contributed by atoms with Crippen LogP contribution in [0.3, 0.4) is 0 Å². The molecule has 0 atom stereocenters. The highest BCUT2D eigenvalue weighted by Gasteiger charge is 2.16. The first kappa shape index (κ1) is 24.2. The van der Waals surface area contributed by atoms with E-state index in [1.807, 2.05) is 25.1 Å². The predicted octanol–water partition coefficient (Wildman–Crippen LogP) is 6.29. The van der Waals surface area contributed by atoms with E-state index in [0.29, 0.717) is 25.8 Å². The molecule has 0 aliphatic rings. The molecule has 3 aromatic carbocycles. The van der Waals surface area contributed by atoms with Gasteiger partial charge in [-0.2, -0.15) is 5.26 Å². The van der Waals surface area contributed by atoms with Crippen LogP contribution in [0.25, 0.3) is 6.08 Å². The molecule has 0 spiro atoms. The van der Waals surface area contributed by atoms with Gasteiger partial charge >= 0.3 is 5.97 Å². The van der Waals surface area contributed by atoms with Crippen LogP contribution in [0.15, 0.2) is 75.2 Å². The number of carbonyl (C=O) groups excluding carboxylic acids is 2. The molecule has 1 N–H and O–H groups in total. The van der Waals surface area contributed by atoms with Crippen LogP contribution in [-0.2, 0) is 4.79 Å². The van der Waals surface area contributed by atoms with E-state index in [4.69, 9.17) is 9.47 Å². The lowest BCUT2D eigenvalue weighted by Crippen LogP contribution is -2.14. The van der Waals surface area contributed by atoms with Crippen molar-refractivity contribution in [3.63, 3.8) is 0 Å². The molecule has 0 radical (unpaired) electrons. The number of hydrogen-bond acceptors (Lipinski definition) is 5. The van der Waals surface area contributed by atoms with E-state index in [9.17, 15) is 14.9 Å². The van der Waals surface area contributed by atoms with Crippen LogP contribution in [0.4, 0.5) is 5.69 Å². The first-order valence-corrected chi connectivity index (χ1v) is 11.2. The quantitative estimate of drug-likeness (QED) is 0.163. The third kappa shape index (κ3) is 6.09. The Morgan fingerprint density at radius 2 is 1.67 bits per heavy atom. The Morgan fingerprint density at radius 1 is 1.00 bits per heavy atom. The van der Waals surface area contributed by atoms with Gasteiger partial charge in [0.1, 0.15) is 11.6 Å². The molecule has 33 heavy (non-hydrogen) atoms. The minimum Gasteiger partial charge on any atom is -0.493 e. The van der Waals surface area contributed by atoms with Crippen molar-refractivity contribution in [2.45, 2.75) is 6.92 Å². The van der Waals surface area contributed by atoms with Crippen LogP contribution in [-0.4, -0.2) is 19.0 Å². The number of ether oxygens (including phenoxy) is 2. The summed E-state index contributed by atoms with van der Waals surface area (Å²) in [6.45, 7) is 1.93. The number of hydrogen-bond donors (Lipinski definition) is 1. The third-order valence-corrected chi connectivity index (χ3v) is 5.75. The van der Waals surface area contributed by atoms with Crippen LogP contribution in [0.5, 0.6) is 11.5 Å². The number of nitrogens with one attached hydrogen (secondary N) is 1. The van der Waals surface area contributed by atoms with Crippen LogP contribution in [0, 0.1) is 18.3 Å². The summed E-state index contributed by atoms with van der Waals surface area (Å²) in [5.41, 5.74) is 2.35. The van der Waals surface area contributed by atoms with Crippen molar-refractivity contribution < 1.29 is 19.1 Å². The number of carbonyl (C=O) groups is 2. The minimum atomic E-state index is -0.568. The molecule has 3 aromatic rings. The van der Waals surface area contributed by atoms with E-state index in [0.717, 1.165) is 5.56 Å². The van der Waals surface area contributed by atoms with E-state index in [-0.39, 0.29) is 17.1 Å². The number of esters is 1. The molecule has 0 aliphatic carbocycles. The number of halogens is 2. The van der Waals surface area contributed by atoms with Crippen molar-refractivity contribution in [1.82, 2.24) is 0 Å². The molecule has 6 nitrogen and oxygen atoms in total. The fourth-order valence-electron chi connectivity index (χ4n) is 2.91. The maximum absolute atomic E-state index is 12.7. The van der Waals surface area contributed by atoms with E-state index >= 15 is 0 Å². The Kier molecular flexibility index (Phi) is 8.04. The summed E-state index contributed by atoms with van der Waals surface area (Å²) in [6, 6.07) is 19.0. The van der Waals surface area contributed by atoms with Crippen molar-refractivity contribution in [2.24, 2.45) is 0 Å². The fourth-order valence-corrected chi connectivity index (χ4v) is 4.52. The van der Waals surface area contributed by atoms with E-state index in [1.54, 1.807) is 48.5 Å². The molecule has 0 fully saturated rings. The Balaban J connectivity index is 1.83. The summed E-state index contributed by atoms with van der Waals surface area (Å²) in [5.74, 6) is -0.585. The number of amides is 1. The monoisotopic (exact) mass is 568 g/mol. The normalized spacial score (nSPS) is 10.8. The Labute approximate surface area is 208 Å². The summed E-state index contributed by atoms with van der Waals surface area (Å²) in [5, 5.41) is 12.3. The fraction of sp³-hybridized carbons (Fsp3) is 0.0800. The minimum absolute atomic E-state index is 0.106. The molecular formula is C25H18Br2N2O4. The van der Waals surface area contributed by atoms with Gasteiger partial charge in [-0.15, -0.1) is 0 Å². The summed E-state index contributed by atoms with van der Waals surface area (Å²) in [4.78, 5) is 25.1. The van der Waals surface area contributed by atoms with Gasteiger partial charge in [0.15, 0.2) is 11.5 Å². The molecule has 8 heteroatoms. The van der Waals surface area contributed by atoms with Crippen molar-refractivity contribution in [1.29, 1.82) is 5.26 Å². The molecule has 0 bridgehead atoms. The molecule has 0 saturated carbocycles.